The maximum Gasteiger partial charge on any atom is 0.329 e. The molecule has 2 bridgehead atoms. The number of aliphatic hydroxyl groups is 3. The fraction of sp³-hybridized carbons (Fsp3) is 0.689. The number of benzene rings is 1. The zero-order chi connectivity index (χ0) is 89.8. The molecule has 35 heteroatoms. The molecule has 9 rings (SSSR count). The molecule has 1 aromatic carbocycles. The minimum Gasteiger partial charge on any atom is -0.460 e. The van der Waals surface area contributed by atoms with Gasteiger partial charge in [0.2, 0.25) is 11.7 Å². The van der Waals surface area contributed by atoms with Crippen molar-refractivity contribution < 1.29 is 115 Å². The number of nitrogens with zero attached hydrogens (tertiary/aromatic N) is 8. The van der Waals surface area contributed by atoms with Gasteiger partial charge in [-0.05, 0) is 138 Å². The molecule has 2 amide bonds. The lowest BCUT2D eigenvalue weighted by Crippen LogP contribution is -2.63. The van der Waals surface area contributed by atoms with E-state index in [-0.39, 0.29) is 118 Å². The summed E-state index contributed by atoms with van der Waals surface area (Å²) in [4.78, 5) is 104. The van der Waals surface area contributed by atoms with Gasteiger partial charge in [-0.2, -0.15) is 4.98 Å². The molecule has 7 heterocycles. The average Bonchev–Trinajstić information content (AvgIpc) is 1.53. The van der Waals surface area contributed by atoms with Crippen LogP contribution in [0.1, 0.15) is 180 Å². The van der Waals surface area contributed by atoms with E-state index < -0.39 is 83.4 Å². The number of carbonyl (C=O) groups excluding carboxylic acids is 6. The lowest BCUT2D eigenvalue weighted by molar-refractivity contribution is -0.360. The van der Waals surface area contributed by atoms with Crippen LogP contribution >= 0.6 is 0 Å². The monoisotopic (exact) mass is 1750 g/mol. The van der Waals surface area contributed by atoms with Crippen molar-refractivity contribution in [1.82, 2.24) is 40.2 Å². The normalized spacial score (nSPS) is 27.6. The Labute approximate surface area is 733 Å². The molecule has 0 radical (unpaired) electrons. The second-order valence-electron chi connectivity index (χ2n) is 33.3. The first-order chi connectivity index (χ1) is 60.2. The van der Waals surface area contributed by atoms with Gasteiger partial charge in [0.25, 0.3) is 17.7 Å². The molecule has 2 saturated heterocycles. The number of cyclic esters (lactones) is 1. The molecular formula is C90H135N11O24. The first-order valence-electron chi connectivity index (χ1n) is 44.2. The van der Waals surface area contributed by atoms with E-state index in [0.717, 1.165) is 47.4 Å². The van der Waals surface area contributed by atoms with Crippen LogP contribution in [0, 0.1) is 35.5 Å². The van der Waals surface area contributed by atoms with E-state index in [1.54, 1.807) is 76.9 Å². The Bertz CT molecular complexity index is 4210. The van der Waals surface area contributed by atoms with Gasteiger partial charge in [-0.3, -0.25) is 29.0 Å². The molecule has 5 aliphatic rings. The number of allylic oxidation sites excluding steroid dienone is 6. The van der Waals surface area contributed by atoms with Crippen LogP contribution in [-0.4, -0.2) is 285 Å². The van der Waals surface area contributed by atoms with E-state index in [0.29, 0.717) is 184 Å². The summed E-state index contributed by atoms with van der Waals surface area (Å²) < 4.78 is 88.6. The summed E-state index contributed by atoms with van der Waals surface area (Å²) in [5, 5.41) is 47.2. The summed E-state index contributed by atoms with van der Waals surface area (Å²) in [6.45, 7) is 19.7. The number of piperidine rings is 1. The number of oxazole rings is 1. The highest BCUT2D eigenvalue weighted by molar-refractivity contribution is 6.39. The Hall–Kier alpha value is -8.08. The van der Waals surface area contributed by atoms with E-state index in [2.05, 4.69) is 30.6 Å². The van der Waals surface area contributed by atoms with Gasteiger partial charge >= 0.3 is 5.97 Å². The van der Waals surface area contributed by atoms with Crippen molar-refractivity contribution in [2.45, 2.75) is 225 Å². The number of ether oxygens (including phenoxy) is 14. The highest BCUT2D eigenvalue weighted by Crippen LogP contribution is 2.43. The number of carbonyl (C=O) groups is 6. The van der Waals surface area contributed by atoms with Gasteiger partial charge in [-0.15, -0.1) is 5.10 Å². The molecule has 1 aliphatic carbocycles. The van der Waals surface area contributed by atoms with Crippen molar-refractivity contribution in [3.05, 3.63) is 101 Å². The Kier molecular flexibility index (Phi) is 41.7. The van der Waals surface area contributed by atoms with Crippen LogP contribution < -0.4 is 16.8 Å². The number of nitrogens with two attached hydrogens (primary N) is 2. The third-order valence-electron chi connectivity index (χ3n) is 23.7. The summed E-state index contributed by atoms with van der Waals surface area (Å²) in [6, 6.07) is 4.21. The molecule has 0 spiro atoms. The molecule has 16 atom stereocenters. The lowest BCUT2D eigenvalue weighted by atomic mass is 9.78. The number of nitrogen functional groups attached to an aromatic ring is 2. The van der Waals surface area contributed by atoms with Crippen molar-refractivity contribution in [2.75, 3.05) is 152 Å². The van der Waals surface area contributed by atoms with Crippen LogP contribution in [0.25, 0.3) is 11.1 Å². The minimum absolute atomic E-state index is 0.00866. The number of methoxy groups -OCH3 is 3. The van der Waals surface area contributed by atoms with Crippen LogP contribution in [0.3, 0.4) is 0 Å². The maximum atomic E-state index is 14.8. The van der Waals surface area contributed by atoms with Gasteiger partial charge in [-0.25, -0.2) is 19.4 Å². The number of aliphatic imine (C=N–C) groups is 1. The molecule has 1 saturated carbocycles. The number of hydrogen-bond acceptors (Lipinski definition) is 32. The third-order valence-corrected chi connectivity index (χ3v) is 23.7. The van der Waals surface area contributed by atoms with Gasteiger partial charge in [0.1, 0.15) is 53.5 Å². The summed E-state index contributed by atoms with van der Waals surface area (Å²) in [6.07, 6.45) is 15.6. The quantitative estimate of drug-likeness (QED) is 0.0106. The fourth-order valence-corrected chi connectivity index (χ4v) is 16.5. The van der Waals surface area contributed by atoms with Crippen molar-refractivity contribution in [1.29, 1.82) is 0 Å². The first kappa shape index (κ1) is 101. The molecule has 35 nitrogen and oxygen atoms in total. The molecule has 8 N–H and O–H groups in total. The van der Waals surface area contributed by atoms with Crippen LogP contribution in [0.5, 0.6) is 0 Å². The van der Waals surface area contributed by atoms with Crippen molar-refractivity contribution in [2.24, 2.45) is 40.5 Å². The maximum absolute atomic E-state index is 14.8. The van der Waals surface area contributed by atoms with E-state index in [4.69, 9.17) is 87.2 Å². The van der Waals surface area contributed by atoms with Gasteiger partial charge in [0.15, 0.2) is 17.2 Å². The molecule has 3 aromatic heterocycles. The van der Waals surface area contributed by atoms with E-state index in [9.17, 15) is 44.1 Å². The first-order valence-corrected chi connectivity index (χ1v) is 44.2. The molecular weight excluding hydrogens is 1620 g/mol. The molecule has 4 aliphatic heterocycles. The van der Waals surface area contributed by atoms with Gasteiger partial charge in [0, 0.05) is 83.4 Å². The van der Waals surface area contributed by atoms with Gasteiger partial charge < -0.3 is 108 Å². The fourth-order valence-electron chi connectivity index (χ4n) is 16.5. The number of unbranched alkanes of at least 4 members (excludes halogenated alkanes) is 1. The predicted molar refractivity (Wildman–Crippen MR) is 460 cm³/mol. The summed E-state index contributed by atoms with van der Waals surface area (Å²) in [5.74, 6) is -11.1. The lowest BCUT2D eigenvalue weighted by Gasteiger charge is -2.46. The van der Waals surface area contributed by atoms with Crippen LogP contribution in [0.15, 0.2) is 87.7 Å². The smallest absolute Gasteiger partial charge is 0.329 e. The summed E-state index contributed by atoms with van der Waals surface area (Å²) in [7, 11) is 4.47. The number of aliphatic hydroxyl groups excluding tert-OH is 1. The highest BCUT2D eigenvalue weighted by Gasteiger charge is 2.57. The van der Waals surface area contributed by atoms with Crippen LogP contribution in [-0.2, 0) is 108 Å². The Morgan fingerprint density at radius 3 is 2.13 bits per heavy atom. The zero-order valence-corrected chi connectivity index (χ0v) is 74.5. The third kappa shape index (κ3) is 30.8. The van der Waals surface area contributed by atoms with E-state index in [1.165, 1.54) is 20.5 Å². The number of rotatable bonds is 42. The second kappa shape index (κ2) is 51.8. The Morgan fingerprint density at radius 2 is 1.44 bits per heavy atom. The molecule has 3 fully saturated rings. The number of fused-ring (bicyclic) bond motifs is 5. The number of ketones is 3. The van der Waals surface area contributed by atoms with Crippen LogP contribution in [0.4, 0.5) is 11.8 Å². The Morgan fingerprint density at radius 1 is 0.752 bits per heavy atom. The second-order valence-corrected chi connectivity index (χ2v) is 33.3. The van der Waals surface area contributed by atoms with E-state index in [1.807, 2.05) is 44.2 Å². The summed E-state index contributed by atoms with van der Waals surface area (Å²) in [5.41, 5.74) is 18.0. The average molecular weight is 1760 g/mol. The number of aromatic nitrogens is 6. The number of Topliss-reactive ketones (excluding diaryl/α,β-unsaturated/α-hetero) is 3. The molecule has 1 unspecified atom stereocenters. The number of nitrogens with one attached hydrogen (secondary N) is 1. The number of hydrogen-bond donors (Lipinski definition) is 6. The number of amides is 2. The largest absolute Gasteiger partial charge is 0.460 e. The van der Waals surface area contributed by atoms with E-state index >= 15 is 0 Å². The van der Waals surface area contributed by atoms with Crippen molar-refractivity contribution in [3.63, 3.8) is 0 Å². The standard InChI is InChI=1S/C90H135N11O24/c1-58-18-12-11-13-19-59(2)76(112-9)54-89(109)28-26-64(7)90(110,125-89)84(106)86(107)101-30-17-15-21-70(101)87(108)123-74(53-71(102)60(3)49-63(6)82(105)83(113-10)81(104)62(5)48-58)61(4)50-65-22-24-73(75(51-65)111-8)122-47-46-121-56-67-55-100(99-98-67)31-33-115-35-37-117-39-41-119-43-45-120-44-42-118-40-38-116-36-34-114-32-27-77(103)93-29-16-14-20-68-80-78(85(91)95-57-94-80)79(96-68)66-23-25-72-69(52-66)97-88(92)124-72/h11-13,18-19,23,25,49,52,55,57-58,60-62,64-65,68,70,73-76,82-83,105,109-110H,14-17,20-22,24,26-48,50-51,53-54,56H2,1-10H3,(H2,92,97)(H,93,103)(H2,91,94,95)/b13-11?,18-12+,59-19?,63-49+/t58-,60-,61-,62-,64-,65+,68?,70+,73-,74+,75-,76+,82-,83+,89+,90-/m1/s1. The minimum atomic E-state index is -2.76. The van der Waals surface area contributed by atoms with Crippen molar-refractivity contribution >= 4 is 63.8 Å². The molecule has 4 aromatic rings. The van der Waals surface area contributed by atoms with Crippen molar-refractivity contribution in [3.8, 4) is 0 Å². The SMILES string of the molecule is CO[C@H]1C[C@]2(O)CC[C@@H](C)[C@@](O)(O2)C(=O)C(=O)N2CCCC[C@H]2C(=O)O[C@H]([C@H](C)C[C@@H]2CC[C@@H](OCCOCc3cn(CCOCCOCCOCCOCCOCCOCCOCCC(=O)NCCCCC4N=C(c5ccc6oc(N)nc6c5)c5c(N)ncnc54)nn3)[C@H](OC)C2)CC(=O)[C@H](C)/C=C(\C)[C@@H](O)[C@@H](OC)C(=O)[C@H](C)C[C@H](C)/C=C/C=CC=C1C. The molecule has 125 heavy (non-hydrogen) atoms. The number of anilines is 2. The molecule has 694 valence electrons. The topological polar surface area (TPSA) is 455 Å². The number of esters is 1. The highest BCUT2D eigenvalue weighted by atomic mass is 16.7. The summed E-state index contributed by atoms with van der Waals surface area (Å²) >= 11 is 0. The van der Waals surface area contributed by atoms with Crippen LogP contribution in [0.2, 0.25) is 0 Å². The predicted octanol–water partition coefficient (Wildman–Crippen LogP) is 7.81. The van der Waals surface area contributed by atoms with Gasteiger partial charge in [-0.1, -0.05) is 76.3 Å². The Balaban J connectivity index is 0.605. The van der Waals surface area contributed by atoms with Gasteiger partial charge in [0.05, 0.1) is 166 Å². The zero-order valence-electron chi connectivity index (χ0n) is 74.5.